The first-order chi connectivity index (χ1) is 22.4. The fourth-order valence-electron chi connectivity index (χ4n) is 5.46. The number of nitrogens with one attached hydrogen (secondary N) is 2. The van der Waals surface area contributed by atoms with Gasteiger partial charge in [-0.05, 0) is 41.8 Å². The van der Waals surface area contributed by atoms with E-state index in [0.29, 0.717) is 51.7 Å². The summed E-state index contributed by atoms with van der Waals surface area (Å²) in [5, 5.41) is 41.7. The van der Waals surface area contributed by atoms with Crippen molar-refractivity contribution in [2.24, 2.45) is 0 Å². The van der Waals surface area contributed by atoms with Gasteiger partial charge in [-0.1, -0.05) is 65.1 Å². The highest BCUT2D eigenvalue weighted by Crippen LogP contribution is 2.35. The van der Waals surface area contributed by atoms with Gasteiger partial charge < -0.3 is 30.9 Å². The highest BCUT2D eigenvalue weighted by atomic mass is 32.1. The number of fused-ring (bicyclic) bond motifs is 2. The van der Waals surface area contributed by atoms with E-state index in [1.807, 2.05) is 47.4 Å². The third kappa shape index (κ3) is 5.58. The number of anilines is 3. The van der Waals surface area contributed by atoms with Gasteiger partial charge in [0.25, 0.3) is 0 Å². The molecule has 0 spiro atoms. The number of nitrogen functional groups attached to an aromatic ring is 1. The van der Waals surface area contributed by atoms with Crippen molar-refractivity contribution in [3.05, 3.63) is 99.6 Å². The summed E-state index contributed by atoms with van der Waals surface area (Å²) in [7, 11) is 0. The number of ether oxygens (including phenoxy) is 1. The molecule has 12 nitrogen and oxygen atoms in total. The van der Waals surface area contributed by atoms with Crippen LogP contribution in [0.2, 0.25) is 0 Å². The minimum atomic E-state index is -1.14. The number of carboxylic acids is 1. The number of H-pyrrole nitrogens is 1. The third-order valence-electron chi connectivity index (χ3n) is 7.72. The molecule has 0 fully saturated rings. The Balaban J connectivity index is 1.10. The highest BCUT2D eigenvalue weighted by molar-refractivity contribution is 7.22. The smallest absolute Gasteiger partial charge is 0.355 e. The Morgan fingerprint density at radius 1 is 1.15 bits per heavy atom. The molecule has 3 aromatic heterocycles. The first-order valence-electron chi connectivity index (χ1n) is 14.2. The number of aliphatic hydroxyl groups is 1. The second-order valence-electron chi connectivity index (χ2n) is 10.6. The van der Waals surface area contributed by atoms with E-state index in [1.54, 1.807) is 24.3 Å². The van der Waals surface area contributed by atoms with Crippen LogP contribution in [-0.2, 0) is 19.6 Å². The zero-order valence-corrected chi connectivity index (χ0v) is 25.7. The van der Waals surface area contributed by atoms with Crippen LogP contribution < -0.4 is 20.7 Å². The number of aromatic amines is 1. The van der Waals surface area contributed by atoms with E-state index < -0.39 is 12.2 Å². The van der Waals surface area contributed by atoms with Crippen LogP contribution in [0.4, 0.5) is 16.1 Å². The van der Waals surface area contributed by atoms with E-state index >= 15 is 0 Å². The molecular weight excluding hydrogens is 625 g/mol. The fraction of sp³-hybridized carbons (Fsp3) is 0.156. The SMILES string of the molecule is N#Cc1c(N)n[nH]c1-c1cccc(OCc2sc(N3CCc4cccc(C(O)Nc5nc6ccccc6s5)c4C3)nc2C(=O)O)c1. The molecule has 7 rings (SSSR count). The van der Waals surface area contributed by atoms with Crippen molar-refractivity contribution in [1.82, 2.24) is 20.2 Å². The topological polar surface area (TPSA) is 186 Å². The van der Waals surface area contributed by atoms with Gasteiger partial charge in [0.05, 0.1) is 20.8 Å². The molecule has 6 N–H and O–H groups in total. The Hall–Kier alpha value is -5.49. The van der Waals surface area contributed by atoms with Gasteiger partial charge >= 0.3 is 5.97 Å². The van der Waals surface area contributed by atoms with Gasteiger partial charge in [0.1, 0.15) is 24.0 Å². The second kappa shape index (κ2) is 12.1. The van der Waals surface area contributed by atoms with Crippen molar-refractivity contribution < 1.29 is 19.7 Å². The third-order valence-corrected chi connectivity index (χ3v) is 9.77. The zero-order chi connectivity index (χ0) is 31.8. The molecule has 14 heteroatoms. The standard InChI is InChI=1S/C32H26N8O4S2/c33-14-21-26(38-39-28(21)34)18-6-3-7-19(13-18)44-16-25-27(30(42)43)36-32(46-25)40-12-11-17-5-4-8-20(22(17)15-40)29(41)37-31-35-23-9-1-2-10-24(23)45-31/h1-10,13,29,41H,11-12,15-16H2,(H,35,37)(H,42,43)(H3,34,38,39). The number of aromatic nitrogens is 4. The Morgan fingerprint density at radius 3 is 2.83 bits per heavy atom. The van der Waals surface area contributed by atoms with E-state index in [2.05, 4.69) is 31.5 Å². The van der Waals surface area contributed by atoms with Crippen molar-refractivity contribution >= 4 is 54.9 Å². The minimum Gasteiger partial charge on any atom is -0.488 e. The number of nitrogens with zero attached hydrogens (tertiary/aromatic N) is 5. The summed E-state index contributed by atoms with van der Waals surface area (Å²) in [6.07, 6.45) is -0.274. The van der Waals surface area contributed by atoms with Crippen molar-refractivity contribution in [2.75, 3.05) is 22.5 Å². The number of para-hydroxylation sites is 1. The predicted molar refractivity (Wildman–Crippen MR) is 176 cm³/mol. The molecular formula is C32H26N8O4S2. The molecule has 0 amide bonds. The monoisotopic (exact) mass is 650 g/mol. The number of rotatable bonds is 9. The molecule has 1 aliphatic rings. The normalized spacial score (nSPS) is 13.3. The quantitative estimate of drug-likeness (QED) is 0.124. The van der Waals surface area contributed by atoms with Crippen LogP contribution in [0.3, 0.4) is 0 Å². The average Bonchev–Trinajstić information content (AvgIpc) is 3.79. The summed E-state index contributed by atoms with van der Waals surface area (Å²) in [5.74, 6) is -0.555. The van der Waals surface area contributed by atoms with Crippen LogP contribution in [0.25, 0.3) is 21.5 Å². The number of benzene rings is 3. The number of carbonyl (C=O) groups is 1. The van der Waals surface area contributed by atoms with Crippen molar-refractivity contribution in [1.29, 1.82) is 5.26 Å². The van der Waals surface area contributed by atoms with E-state index in [0.717, 1.165) is 26.9 Å². The number of aliphatic hydroxyl groups excluding tert-OH is 1. The van der Waals surface area contributed by atoms with Gasteiger partial charge in [0.15, 0.2) is 28.0 Å². The molecule has 6 aromatic rings. The second-order valence-corrected chi connectivity index (χ2v) is 12.6. The number of nitrogens with two attached hydrogens (primary N) is 1. The first kappa shape index (κ1) is 29.2. The van der Waals surface area contributed by atoms with Gasteiger partial charge in [-0.3, -0.25) is 5.10 Å². The molecule has 1 atom stereocenters. The Labute approximate surface area is 270 Å². The van der Waals surface area contributed by atoms with Gasteiger partial charge in [0, 0.05) is 24.2 Å². The van der Waals surface area contributed by atoms with E-state index in [4.69, 9.17) is 10.5 Å². The molecule has 0 saturated carbocycles. The lowest BCUT2D eigenvalue weighted by molar-refractivity contribution is 0.0688. The van der Waals surface area contributed by atoms with Crippen LogP contribution in [0, 0.1) is 11.3 Å². The number of aromatic carboxylic acids is 1. The van der Waals surface area contributed by atoms with Crippen LogP contribution in [0.15, 0.2) is 66.7 Å². The van der Waals surface area contributed by atoms with Gasteiger partial charge in [0.2, 0.25) is 0 Å². The number of hydrogen-bond acceptors (Lipinski definition) is 12. The largest absolute Gasteiger partial charge is 0.488 e. The molecule has 0 radical (unpaired) electrons. The molecule has 1 unspecified atom stereocenters. The van der Waals surface area contributed by atoms with E-state index in [1.165, 1.54) is 22.7 Å². The Bertz CT molecular complexity index is 2100. The Morgan fingerprint density at radius 2 is 2.00 bits per heavy atom. The summed E-state index contributed by atoms with van der Waals surface area (Å²) < 4.78 is 7.03. The summed E-state index contributed by atoms with van der Waals surface area (Å²) >= 11 is 2.74. The minimum absolute atomic E-state index is 0.0144. The summed E-state index contributed by atoms with van der Waals surface area (Å²) in [6.45, 7) is 1.08. The number of nitriles is 1. The average molecular weight is 651 g/mol. The maximum Gasteiger partial charge on any atom is 0.355 e. The van der Waals surface area contributed by atoms with Crippen LogP contribution in [0.5, 0.6) is 5.75 Å². The Kier molecular flexibility index (Phi) is 7.71. The summed E-state index contributed by atoms with van der Waals surface area (Å²) in [6, 6.07) is 22.8. The van der Waals surface area contributed by atoms with E-state index in [-0.39, 0.29) is 23.7 Å². The summed E-state index contributed by atoms with van der Waals surface area (Å²) in [5.41, 5.74) is 10.8. The first-order valence-corrected chi connectivity index (χ1v) is 15.9. The molecule has 1 aliphatic heterocycles. The lowest BCUT2D eigenvalue weighted by atomic mass is 9.94. The molecule has 0 aliphatic carbocycles. The highest BCUT2D eigenvalue weighted by Gasteiger charge is 2.27. The molecule has 0 bridgehead atoms. The lowest BCUT2D eigenvalue weighted by Crippen LogP contribution is -2.32. The number of carboxylic acid groups (broad SMARTS) is 1. The molecule has 4 heterocycles. The molecule has 230 valence electrons. The molecule has 46 heavy (non-hydrogen) atoms. The lowest BCUT2D eigenvalue weighted by Gasteiger charge is -2.31. The van der Waals surface area contributed by atoms with Crippen LogP contribution in [0.1, 0.15) is 43.8 Å². The number of hydrogen-bond donors (Lipinski definition) is 5. The van der Waals surface area contributed by atoms with Crippen molar-refractivity contribution in [3.8, 4) is 23.1 Å². The van der Waals surface area contributed by atoms with Crippen LogP contribution >= 0.6 is 22.7 Å². The predicted octanol–water partition coefficient (Wildman–Crippen LogP) is 5.54. The van der Waals surface area contributed by atoms with Crippen molar-refractivity contribution in [3.63, 3.8) is 0 Å². The maximum atomic E-state index is 12.2. The van der Waals surface area contributed by atoms with Gasteiger partial charge in [-0.25, -0.2) is 14.8 Å². The fourth-order valence-corrected chi connectivity index (χ4v) is 7.34. The van der Waals surface area contributed by atoms with Gasteiger partial charge in [-0.2, -0.15) is 10.4 Å². The zero-order valence-electron chi connectivity index (χ0n) is 24.1. The van der Waals surface area contributed by atoms with Crippen LogP contribution in [-0.4, -0.2) is 42.9 Å². The summed E-state index contributed by atoms with van der Waals surface area (Å²) in [4.78, 5) is 23.8. The molecule has 3 aromatic carbocycles. The van der Waals surface area contributed by atoms with E-state index in [9.17, 15) is 20.3 Å². The molecule has 0 saturated heterocycles. The van der Waals surface area contributed by atoms with Gasteiger partial charge in [-0.15, -0.1) is 0 Å². The van der Waals surface area contributed by atoms with Crippen molar-refractivity contribution in [2.45, 2.75) is 25.8 Å². The number of thiazole rings is 2. The maximum absolute atomic E-state index is 12.2.